The standard InChI is InChI=1S/C19H28N2O3Si/c1-7-23-18(22)16-12-21(13-20-16)15-10-8-9-14(11-15)17(19(2,3)4)24-25(5)6/h8-13,17,25H,7H2,1-6H3. The molecule has 0 aliphatic heterocycles. The molecule has 25 heavy (non-hydrogen) atoms. The summed E-state index contributed by atoms with van der Waals surface area (Å²) in [6.45, 7) is 13.1. The maximum absolute atomic E-state index is 11.8. The van der Waals surface area contributed by atoms with Crippen LogP contribution in [0.25, 0.3) is 5.69 Å². The van der Waals surface area contributed by atoms with Gasteiger partial charge in [0, 0.05) is 11.9 Å². The van der Waals surface area contributed by atoms with Crippen LogP contribution in [0.15, 0.2) is 36.8 Å². The van der Waals surface area contributed by atoms with E-state index >= 15 is 0 Å². The van der Waals surface area contributed by atoms with E-state index < -0.39 is 15.0 Å². The Morgan fingerprint density at radius 3 is 2.64 bits per heavy atom. The van der Waals surface area contributed by atoms with Crippen molar-refractivity contribution >= 4 is 15.0 Å². The van der Waals surface area contributed by atoms with Gasteiger partial charge < -0.3 is 13.7 Å². The van der Waals surface area contributed by atoms with Crippen molar-refractivity contribution in [2.24, 2.45) is 5.41 Å². The molecule has 0 fully saturated rings. The number of ether oxygens (including phenoxy) is 1. The third-order valence-electron chi connectivity index (χ3n) is 3.73. The van der Waals surface area contributed by atoms with Gasteiger partial charge in [0.1, 0.15) is 6.33 Å². The van der Waals surface area contributed by atoms with Crippen molar-refractivity contribution in [2.75, 3.05) is 6.61 Å². The van der Waals surface area contributed by atoms with Crippen LogP contribution in [0.2, 0.25) is 13.1 Å². The highest BCUT2D eigenvalue weighted by atomic mass is 28.3. The Bertz CT molecular complexity index is 719. The first-order chi connectivity index (χ1) is 11.7. The number of hydrogen-bond acceptors (Lipinski definition) is 4. The molecule has 1 aromatic carbocycles. The lowest BCUT2D eigenvalue weighted by Crippen LogP contribution is -2.26. The number of rotatable bonds is 6. The Morgan fingerprint density at radius 2 is 2.04 bits per heavy atom. The predicted octanol–water partition coefficient (Wildman–Crippen LogP) is 4.14. The number of benzene rings is 1. The van der Waals surface area contributed by atoms with E-state index in [0.717, 1.165) is 11.3 Å². The Labute approximate surface area is 151 Å². The largest absolute Gasteiger partial charge is 0.461 e. The summed E-state index contributed by atoms with van der Waals surface area (Å²) in [7, 11) is -1.19. The summed E-state index contributed by atoms with van der Waals surface area (Å²) in [6.07, 6.45) is 3.36. The van der Waals surface area contributed by atoms with Gasteiger partial charge in [-0.1, -0.05) is 32.9 Å². The van der Waals surface area contributed by atoms with E-state index in [1.807, 2.05) is 16.7 Å². The molecule has 0 saturated heterocycles. The van der Waals surface area contributed by atoms with E-state index in [-0.39, 0.29) is 11.5 Å². The second-order valence-corrected chi connectivity index (χ2v) is 9.78. The first kappa shape index (κ1) is 19.4. The van der Waals surface area contributed by atoms with Crippen LogP contribution in [-0.2, 0) is 9.16 Å². The zero-order valence-electron chi connectivity index (χ0n) is 15.9. The van der Waals surface area contributed by atoms with Crippen molar-refractivity contribution in [1.29, 1.82) is 0 Å². The highest BCUT2D eigenvalue weighted by molar-refractivity contribution is 6.48. The molecule has 0 amide bonds. The number of hydrogen-bond donors (Lipinski definition) is 0. The topological polar surface area (TPSA) is 53.4 Å². The Kier molecular flexibility index (Phi) is 6.19. The van der Waals surface area contributed by atoms with E-state index in [4.69, 9.17) is 9.16 Å². The molecule has 136 valence electrons. The molecule has 0 saturated carbocycles. The third-order valence-corrected chi connectivity index (χ3v) is 4.55. The summed E-state index contributed by atoms with van der Waals surface area (Å²) in [5.74, 6) is -0.404. The van der Waals surface area contributed by atoms with Gasteiger partial charge in [0.15, 0.2) is 14.7 Å². The minimum Gasteiger partial charge on any atom is -0.461 e. The highest BCUT2D eigenvalue weighted by Crippen LogP contribution is 2.37. The van der Waals surface area contributed by atoms with Crippen LogP contribution in [0.5, 0.6) is 0 Å². The maximum atomic E-state index is 11.8. The summed E-state index contributed by atoms with van der Waals surface area (Å²) in [5.41, 5.74) is 2.40. The smallest absolute Gasteiger partial charge is 0.358 e. The minimum atomic E-state index is -1.19. The average Bonchev–Trinajstić information content (AvgIpc) is 3.02. The van der Waals surface area contributed by atoms with Crippen molar-refractivity contribution in [3.63, 3.8) is 0 Å². The first-order valence-electron chi connectivity index (χ1n) is 8.69. The summed E-state index contributed by atoms with van der Waals surface area (Å²) >= 11 is 0. The molecule has 0 radical (unpaired) electrons. The summed E-state index contributed by atoms with van der Waals surface area (Å²) in [5, 5.41) is 0. The van der Waals surface area contributed by atoms with Crippen molar-refractivity contribution in [2.45, 2.75) is 46.9 Å². The fourth-order valence-electron chi connectivity index (χ4n) is 2.68. The molecule has 2 aromatic rings. The first-order valence-corrected chi connectivity index (χ1v) is 11.5. The van der Waals surface area contributed by atoms with Gasteiger partial charge in [-0.05, 0) is 43.1 Å². The van der Waals surface area contributed by atoms with E-state index in [1.165, 1.54) is 0 Å². The van der Waals surface area contributed by atoms with Gasteiger partial charge >= 0.3 is 5.97 Å². The average molecular weight is 361 g/mol. The summed E-state index contributed by atoms with van der Waals surface area (Å²) in [6, 6.07) is 8.20. The molecule has 1 atom stereocenters. The monoisotopic (exact) mass is 360 g/mol. The Hall–Kier alpha value is -1.92. The zero-order valence-corrected chi connectivity index (χ0v) is 17.1. The summed E-state index contributed by atoms with van der Waals surface area (Å²) in [4.78, 5) is 16.0. The lowest BCUT2D eigenvalue weighted by molar-refractivity contribution is 0.0520. The van der Waals surface area contributed by atoms with Crippen LogP contribution in [0.3, 0.4) is 0 Å². The molecular formula is C19H28N2O3Si. The minimum absolute atomic E-state index is 0.000916. The van der Waals surface area contributed by atoms with Gasteiger partial charge in [-0.15, -0.1) is 0 Å². The van der Waals surface area contributed by atoms with Crippen LogP contribution in [0.4, 0.5) is 0 Å². The molecule has 6 heteroatoms. The lowest BCUT2D eigenvalue weighted by atomic mass is 9.85. The van der Waals surface area contributed by atoms with Crippen molar-refractivity contribution in [3.8, 4) is 5.69 Å². The molecule has 1 unspecified atom stereocenters. The van der Waals surface area contributed by atoms with Gasteiger partial charge in [-0.25, -0.2) is 9.78 Å². The van der Waals surface area contributed by atoms with Crippen LogP contribution in [0, 0.1) is 5.41 Å². The molecular weight excluding hydrogens is 332 g/mol. The van der Waals surface area contributed by atoms with Crippen molar-refractivity contribution in [3.05, 3.63) is 48.0 Å². The van der Waals surface area contributed by atoms with Crippen molar-refractivity contribution in [1.82, 2.24) is 9.55 Å². The number of aromatic nitrogens is 2. The number of imidazole rings is 1. The molecule has 0 aliphatic carbocycles. The number of carbonyl (C=O) groups is 1. The molecule has 0 spiro atoms. The van der Waals surface area contributed by atoms with Gasteiger partial charge in [0.25, 0.3) is 0 Å². The van der Waals surface area contributed by atoms with Crippen molar-refractivity contribution < 1.29 is 14.0 Å². The summed E-state index contributed by atoms with van der Waals surface area (Å²) < 4.78 is 13.1. The molecule has 1 heterocycles. The van der Waals surface area contributed by atoms with Gasteiger partial charge in [0.05, 0.1) is 12.7 Å². The van der Waals surface area contributed by atoms with E-state index in [1.54, 1.807) is 19.4 Å². The van der Waals surface area contributed by atoms with E-state index in [2.05, 4.69) is 51.0 Å². The maximum Gasteiger partial charge on any atom is 0.358 e. The van der Waals surface area contributed by atoms with Crippen LogP contribution < -0.4 is 0 Å². The van der Waals surface area contributed by atoms with Crippen LogP contribution >= 0.6 is 0 Å². The second-order valence-electron chi connectivity index (χ2n) is 7.41. The highest BCUT2D eigenvalue weighted by Gasteiger charge is 2.28. The number of carbonyl (C=O) groups excluding carboxylic acids is 1. The van der Waals surface area contributed by atoms with E-state index in [0.29, 0.717) is 12.3 Å². The van der Waals surface area contributed by atoms with Gasteiger partial charge in [-0.2, -0.15) is 0 Å². The fourth-order valence-corrected chi connectivity index (χ4v) is 3.79. The Morgan fingerprint density at radius 1 is 1.32 bits per heavy atom. The van der Waals surface area contributed by atoms with E-state index in [9.17, 15) is 4.79 Å². The SMILES string of the molecule is CCOC(=O)c1cn(-c2cccc(C(O[SiH](C)C)C(C)(C)C)c2)cn1. The molecule has 1 aromatic heterocycles. The number of nitrogens with zero attached hydrogens (tertiary/aromatic N) is 2. The molecule has 2 rings (SSSR count). The molecule has 0 aliphatic rings. The second kappa shape index (κ2) is 7.97. The number of esters is 1. The van der Waals surface area contributed by atoms with Gasteiger partial charge in [0.2, 0.25) is 0 Å². The van der Waals surface area contributed by atoms with Gasteiger partial charge in [-0.3, -0.25) is 0 Å². The fraction of sp³-hybridized carbons (Fsp3) is 0.474. The molecule has 0 bridgehead atoms. The molecule has 5 nitrogen and oxygen atoms in total. The predicted molar refractivity (Wildman–Crippen MR) is 102 cm³/mol. The third kappa shape index (κ3) is 5.03. The lowest BCUT2D eigenvalue weighted by Gasteiger charge is -2.33. The quantitative estimate of drug-likeness (QED) is 0.574. The molecule has 0 N–H and O–H groups in total. The van der Waals surface area contributed by atoms with Crippen LogP contribution in [-0.4, -0.2) is 31.2 Å². The zero-order chi connectivity index (χ0) is 18.6. The van der Waals surface area contributed by atoms with Crippen LogP contribution in [0.1, 0.15) is 49.9 Å². The normalized spacial score (nSPS) is 13.1. The Balaban J connectivity index is 2.33.